The van der Waals surface area contributed by atoms with Gasteiger partial charge < -0.3 is 13.9 Å². The highest BCUT2D eigenvalue weighted by atomic mass is 32.2. The lowest BCUT2D eigenvalue weighted by Gasteiger charge is -2.17. The average Bonchev–Trinajstić information content (AvgIpc) is 3.09. The highest BCUT2D eigenvalue weighted by Crippen LogP contribution is 2.32. The second-order valence-corrected chi connectivity index (χ2v) is 6.66. The van der Waals surface area contributed by atoms with Gasteiger partial charge in [-0.3, -0.25) is 0 Å². The van der Waals surface area contributed by atoms with Crippen LogP contribution in [0.2, 0.25) is 0 Å². The molecule has 1 saturated carbocycles. The maximum Gasteiger partial charge on any atom is 0.276 e. The van der Waals surface area contributed by atoms with Crippen LogP contribution in [0.15, 0.2) is 33.9 Å². The summed E-state index contributed by atoms with van der Waals surface area (Å²) in [5.74, 6) is 3.70. The first kappa shape index (κ1) is 16.2. The van der Waals surface area contributed by atoms with Crippen LogP contribution in [-0.4, -0.2) is 29.7 Å². The van der Waals surface area contributed by atoms with Gasteiger partial charge in [0.1, 0.15) is 11.5 Å². The van der Waals surface area contributed by atoms with Gasteiger partial charge in [0, 0.05) is 11.7 Å². The summed E-state index contributed by atoms with van der Waals surface area (Å²) in [5, 5.41) is 8.98. The summed E-state index contributed by atoms with van der Waals surface area (Å²) < 4.78 is 16.6. The summed E-state index contributed by atoms with van der Waals surface area (Å²) in [7, 11) is 1.65. The number of hydrogen-bond donors (Lipinski definition) is 0. The molecule has 3 rings (SSSR count). The molecule has 1 aromatic carbocycles. The summed E-state index contributed by atoms with van der Waals surface area (Å²) in [6, 6.07) is 7.57. The van der Waals surface area contributed by atoms with Gasteiger partial charge in [-0.15, -0.1) is 10.2 Å². The second kappa shape index (κ2) is 8.24. The number of benzene rings is 1. The molecule has 0 atom stereocenters. The van der Waals surface area contributed by atoms with E-state index in [9.17, 15) is 0 Å². The average molecular weight is 334 g/mol. The largest absolute Gasteiger partial charge is 0.497 e. The van der Waals surface area contributed by atoms with Crippen LogP contribution in [0.5, 0.6) is 11.5 Å². The molecule has 1 fully saturated rings. The highest BCUT2D eigenvalue weighted by Gasteiger charge is 2.21. The maximum absolute atomic E-state index is 5.77. The molecule has 0 spiro atoms. The van der Waals surface area contributed by atoms with Crippen molar-refractivity contribution in [1.82, 2.24) is 10.2 Å². The Bertz CT molecular complexity index is 594. The zero-order valence-corrected chi connectivity index (χ0v) is 14.2. The standard InChI is InChI=1S/C17H22N2O3S/c1-20-14-7-9-15(10-8-14)21-11-12-23-17-19-18-16(22-17)13-5-3-2-4-6-13/h7-10,13H,2-6,11-12H2,1H3. The first-order valence-corrected chi connectivity index (χ1v) is 9.07. The first-order valence-electron chi connectivity index (χ1n) is 8.08. The lowest BCUT2D eigenvalue weighted by Crippen LogP contribution is -2.04. The van der Waals surface area contributed by atoms with E-state index in [1.165, 1.54) is 32.1 Å². The SMILES string of the molecule is COc1ccc(OCCSc2nnc(C3CCCCC3)o2)cc1. The molecule has 0 N–H and O–H groups in total. The number of hydrogen-bond acceptors (Lipinski definition) is 6. The third-order valence-electron chi connectivity index (χ3n) is 4.01. The normalized spacial score (nSPS) is 15.5. The molecule has 1 aliphatic carbocycles. The number of aromatic nitrogens is 2. The quantitative estimate of drug-likeness (QED) is 0.556. The smallest absolute Gasteiger partial charge is 0.276 e. The zero-order valence-electron chi connectivity index (χ0n) is 13.4. The van der Waals surface area contributed by atoms with Crippen molar-refractivity contribution in [2.24, 2.45) is 0 Å². The van der Waals surface area contributed by atoms with Crippen molar-refractivity contribution in [3.8, 4) is 11.5 Å². The highest BCUT2D eigenvalue weighted by molar-refractivity contribution is 7.99. The fraction of sp³-hybridized carbons (Fsp3) is 0.529. The van der Waals surface area contributed by atoms with Gasteiger partial charge in [-0.05, 0) is 37.1 Å². The molecule has 124 valence electrons. The van der Waals surface area contributed by atoms with E-state index in [1.54, 1.807) is 18.9 Å². The van der Waals surface area contributed by atoms with Crippen LogP contribution in [-0.2, 0) is 0 Å². The molecule has 0 bridgehead atoms. The van der Waals surface area contributed by atoms with E-state index in [-0.39, 0.29) is 0 Å². The third-order valence-corrected chi connectivity index (χ3v) is 4.80. The molecule has 5 nitrogen and oxygen atoms in total. The van der Waals surface area contributed by atoms with Crippen LogP contribution in [0, 0.1) is 0 Å². The monoisotopic (exact) mass is 334 g/mol. The molecule has 2 aromatic rings. The molecular formula is C17H22N2O3S. The van der Waals surface area contributed by atoms with Crippen molar-refractivity contribution in [3.63, 3.8) is 0 Å². The summed E-state index contributed by atoms with van der Waals surface area (Å²) in [5.41, 5.74) is 0. The van der Waals surface area contributed by atoms with Crippen LogP contribution in [0.1, 0.15) is 43.9 Å². The minimum atomic E-state index is 0.459. The number of ether oxygens (including phenoxy) is 2. The Hall–Kier alpha value is -1.69. The van der Waals surface area contributed by atoms with E-state index >= 15 is 0 Å². The van der Waals surface area contributed by atoms with Crippen molar-refractivity contribution in [3.05, 3.63) is 30.2 Å². The van der Waals surface area contributed by atoms with Crippen LogP contribution in [0.25, 0.3) is 0 Å². The van der Waals surface area contributed by atoms with Crippen molar-refractivity contribution in [2.45, 2.75) is 43.2 Å². The predicted octanol–water partition coefficient (Wildman–Crippen LogP) is 4.30. The number of nitrogens with zero attached hydrogens (tertiary/aromatic N) is 2. The number of thioether (sulfide) groups is 1. The van der Waals surface area contributed by atoms with Crippen LogP contribution >= 0.6 is 11.8 Å². The van der Waals surface area contributed by atoms with E-state index in [0.29, 0.717) is 17.7 Å². The Labute approximate surface area is 140 Å². The summed E-state index contributed by atoms with van der Waals surface area (Å²) in [4.78, 5) is 0. The molecule has 0 unspecified atom stereocenters. The van der Waals surface area contributed by atoms with Crippen molar-refractivity contribution in [1.29, 1.82) is 0 Å². The molecular weight excluding hydrogens is 312 g/mol. The third kappa shape index (κ3) is 4.64. The van der Waals surface area contributed by atoms with Gasteiger partial charge in [0.15, 0.2) is 0 Å². The lowest BCUT2D eigenvalue weighted by atomic mass is 9.89. The molecule has 0 aliphatic heterocycles. The van der Waals surface area contributed by atoms with Crippen LogP contribution in [0.4, 0.5) is 0 Å². The molecule has 1 aliphatic rings. The number of methoxy groups -OCH3 is 1. The van der Waals surface area contributed by atoms with Crippen molar-refractivity contribution >= 4 is 11.8 Å². The molecule has 1 aromatic heterocycles. The molecule has 0 saturated heterocycles. The first-order chi connectivity index (χ1) is 11.3. The van der Waals surface area contributed by atoms with Gasteiger partial charge in [-0.1, -0.05) is 31.0 Å². The van der Waals surface area contributed by atoms with Gasteiger partial charge >= 0.3 is 0 Å². The topological polar surface area (TPSA) is 57.4 Å². The van der Waals surface area contributed by atoms with E-state index in [2.05, 4.69) is 10.2 Å². The molecule has 0 amide bonds. The minimum absolute atomic E-state index is 0.459. The van der Waals surface area contributed by atoms with Gasteiger partial charge in [-0.2, -0.15) is 0 Å². The Morgan fingerprint density at radius 1 is 1.09 bits per heavy atom. The van der Waals surface area contributed by atoms with Crippen LogP contribution in [0.3, 0.4) is 0 Å². The fourth-order valence-corrected chi connectivity index (χ4v) is 3.34. The van der Waals surface area contributed by atoms with Gasteiger partial charge in [-0.25, -0.2) is 0 Å². The second-order valence-electron chi connectivity index (χ2n) is 5.61. The Morgan fingerprint density at radius 2 is 1.83 bits per heavy atom. The van der Waals surface area contributed by atoms with Crippen LogP contribution < -0.4 is 9.47 Å². The van der Waals surface area contributed by atoms with Crippen molar-refractivity contribution in [2.75, 3.05) is 19.5 Å². The summed E-state index contributed by atoms with van der Waals surface area (Å²) in [6.07, 6.45) is 6.21. The predicted molar refractivity (Wildman–Crippen MR) is 89.3 cm³/mol. The van der Waals surface area contributed by atoms with Gasteiger partial charge in [0.2, 0.25) is 5.89 Å². The molecule has 1 heterocycles. The Morgan fingerprint density at radius 3 is 2.57 bits per heavy atom. The van der Waals surface area contributed by atoms with Crippen molar-refractivity contribution < 1.29 is 13.9 Å². The van der Waals surface area contributed by atoms with E-state index < -0.39 is 0 Å². The summed E-state index contributed by atoms with van der Waals surface area (Å²) in [6.45, 7) is 0.595. The molecule has 6 heteroatoms. The summed E-state index contributed by atoms with van der Waals surface area (Å²) >= 11 is 1.54. The van der Waals surface area contributed by atoms with E-state index in [0.717, 1.165) is 23.1 Å². The number of rotatable bonds is 7. The minimum Gasteiger partial charge on any atom is -0.497 e. The van der Waals surface area contributed by atoms with Gasteiger partial charge in [0.25, 0.3) is 5.22 Å². The molecule has 23 heavy (non-hydrogen) atoms. The van der Waals surface area contributed by atoms with E-state index in [1.807, 2.05) is 24.3 Å². The van der Waals surface area contributed by atoms with E-state index in [4.69, 9.17) is 13.9 Å². The lowest BCUT2D eigenvalue weighted by molar-refractivity contribution is 0.331. The maximum atomic E-state index is 5.77. The Kier molecular flexibility index (Phi) is 5.80. The molecule has 0 radical (unpaired) electrons. The Balaban J connectivity index is 1.41. The zero-order chi connectivity index (χ0) is 15.9. The van der Waals surface area contributed by atoms with Gasteiger partial charge in [0.05, 0.1) is 13.7 Å². The fourth-order valence-electron chi connectivity index (χ4n) is 2.75.